The molecule has 7 nitrogen and oxygen atoms in total. The van der Waals surface area contributed by atoms with E-state index in [0.29, 0.717) is 12.8 Å². The molecule has 3 atom stereocenters. The van der Waals surface area contributed by atoms with Crippen molar-refractivity contribution in [2.24, 2.45) is 28.7 Å². The summed E-state index contributed by atoms with van der Waals surface area (Å²) in [5.74, 6) is 0. The molecule has 8 heteroatoms. The summed E-state index contributed by atoms with van der Waals surface area (Å²) in [7, 11) is 0. The summed E-state index contributed by atoms with van der Waals surface area (Å²) in [5, 5.41) is 0. The first-order valence-corrected chi connectivity index (χ1v) is 6.89. The third-order valence-corrected chi connectivity index (χ3v) is 4.81. The van der Waals surface area contributed by atoms with E-state index in [1.54, 1.807) is 6.92 Å². The Hall–Kier alpha value is -0.0000000000000000971. The van der Waals surface area contributed by atoms with Gasteiger partial charge in [-0.25, -0.2) is 0 Å². The first-order valence-electron chi connectivity index (χ1n) is 4.93. The number of hydrogen-bond acceptors (Lipinski definition) is 6. The summed E-state index contributed by atoms with van der Waals surface area (Å²) in [5.41, 5.74) is 26.6. The maximum absolute atomic E-state index is 10.8. The quantitative estimate of drug-likeness (QED) is 0.149. The van der Waals surface area contributed by atoms with Crippen molar-refractivity contribution in [2.75, 3.05) is 0 Å². The Morgan fingerprint density at radius 3 is 2.31 bits per heavy atom. The van der Waals surface area contributed by atoms with Gasteiger partial charge in [-0.2, -0.15) is 0 Å². The van der Waals surface area contributed by atoms with E-state index in [1.807, 2.05) is 0 Å². The van der Waals surface area contributed by atoms with E-state index in [9.17, 15) is 4.79 Å². The zero-order valence-electron chi connectivity index (χ0n) is 9.15. The fourth-order valence-corrected chi connectivity index (χ4v) is 3.19. The van der Waals surface area contributed by atoms with Gasteiger partial charge in [0.15, 0.2) is 0 Å². The summed E-state index contributed by atoms with van der Waals surface area (Å²) in [4.78, 5) is 10.8. The van der Waals surface area contributed by atoms with Crippen LogP contribution in [0, 0.1) is 0 Å². The SMILES string of the molecule is C[C@]1(O[I-]C(N)=O)C(N)CCC(N)C1(N)N. The Kier molecular flexibility index (Phi) is 4.13. The van der Waals surface area contributed by atoms with Gasteiger partial charge in [0.05, 0.1) is 0 Å². The van der Waals surface area contributed by atoms with Crippen molar-refractivity contribution in [1.82, 2.24) is 0 Å². The molecule has 2 unspecified atom stereocenters. The van der Waals surface area contributed by atoms with E-state index < -0.39 is 42.8 Å². The van der Waals surface area contributed by atoms with Crippen LogP contribution >= 0.6 is 0 Å². The van der Waals surface area contributed by atoms with Gasteiger partial charge in [-0.1, -0.05) is 0 Å². The number of rotatable bonds is 3. The van der Waals surface area contributed by atoms with Crippen LogP contribution in [-0.2, 0) is 3.07 Å². The molecule has 1 amide bonds. The van der Waals surface area contributed by atoms with Crippen LogP contribution < -0.4 is 50.3 Å². The fourth-order valence-electron chi connectivity index (χ4n) is 1.80. The Bertz CT molecular complexity index is 288. The molecule has 0 heterocycles. The van der Waals surface area contributed by atoms with Gasteiger partial charge in [-0.3, -0.25) is 0 Å². The minimum absolute atomic E-state index is 0.346. The van der Waals surface area contributed by atoms with Crippen molar-refractivity contribution in [3.63, 3.8) is 0 Å². The second kappa shape index (κ2) is 4.70. The zero-order valence-corrected chi connectivity index (χ0v) is 11.3. The molecule has 0 aromatic rings. The molecule has 0 spiro atoms. The average Bonchev–Trinajstić information content (AvgIpc) is 2.19. The summed E-state index contributed by atoms with van der Waals surface area (Å²) >= 11 is -1.27. The topological polar surface area (TPSA) is 156 Å². The van der Waals surface area contributed by atoms with Gasteiger partial charge >= 0.3 is 105 Å². The average molecular weight is 344 g/mol. The van der Waals surface area contributed by atoms with Crippen LogP contribution in [0.5, 0.6) is 0 Å². The molecule has 16 heavy (non-hydrogen) atoms. The van der Waals surface area contributed by atoms with E-state index in [2.05, 4.69) is 0 Å². The zero-order chi connectivity index (χ0) is 12.6. The number of primary amides is 1. The van der Waals surface area contributed by atoms with Crippen LogP contribution in [0.1, 0.15) is 19.8 Å². The molecule has 0 bridgehead atoms. The Labute approximate surface area is 105 Å². The number of amides is 1. The van der Waals surface area contributed by atoms with Crippen LogP contribution in [0.15, 0.2) is 0 Å². The molecule has 96 valence electrons. The number of nitrogens with two attached hydrogens (primary N) is 5. The van der Waals surface area contributed by atoms with E-state index in [0.717, 1.165) is 0 Å². The van der Waals surface area contributed by atoms with Gasteiger partial charge in [-0.05, 0) is 0 Å². The molecule has 10 N–H and O–H groups in total. The molecule has 1 aliphatic rings. The van der Waals surface area contributed by atoms with Gasteiger partial charge in [0.2, 0.25) is 0 Å². The van der Waals surface area contributed by atoms with Crippen LogP contribution in [-0.4, -0.2) is 27.3 Å². The van der Waals surface area contributed by atoms with Crippen LogP contribution in [0.2, 0.25) is 0 Å². The first-order chi connectivity index (χ1) is 7.22. The Morgan fingerprint density at radius 1 is 1.31 bits per heavy atom. The van der Waals surface area contributed by atoms with E-state index >= 15 is 0 Å². The van der Waals surface area contributed by atoms with E-state index in [1.165, 1.54) is 0 Å². The fraction of sp³-hybridized carbons (Fsp3) is 0.875. The molecular formula is C8H19IN5O2-. The van der Waals surface area contributed by atoms with Crippen LogP contribution in [0.4, 0.5) is 4.79 Å². The van der Waals surface area contributed by atoms with Gasteiger partial charge in [0.1, 0.15) is 0 Å². The van der Waals surface area contributed by atoms with E-state index in [4.69, 9.17) is 31.7 Å². The second-order valence-electron chi connectivity index (χ2n) is 4.29. The summed E-state index contributed by atoms with van der Waals surface area (Å²) < 4.78 is 5.03. The number of halogens is 1. The summed E-state index contributed by atoms with van der Waals surface area (Å²) in [6.45, 7) is 1.69. The third kappa shape index (κ3) is 2.31. The van der Waals surface area contributed by atoms with Crippen LogP contribution in [0.25, 0.3) is 0 Å². The molecule has 1 aliphatic carbocycles. The molecule has 1 saturated carbocycles. The minimum atomic E-state index is -1.27. The molecule has 0 aliphatic heterocycles. The molecule has 1 rings (SSSR count). The van der Waals surface area contributed by atoms with Crippen molar-refractivity contribution < 1.29 is 29.5 Å². The van der Waals surface area contributed by atoms with Crippen LogP contribution in [0.3, 0.4) is 0 Å². The summed E-state index contributed by atoms with van der Waals surface area (Å²) in [6, 6.07) is -0.754. The molecule has 0 saturated heterocycles. The number of hydrogen-bond donors (Lipinski definition) is 5. The second-order valence-corrected chi connectivity index (χ2v) is 6.23. The number of carbonyl (C=O) groups is 1. The molecule has 0 aromatic carbocycles. The third-order valence-electron chi connectivity index (χ3n) is 3.24. The van der Waals surface area contributed by atoms with Gasteiger partial charge in [-0.15, -0.1) is 0 Å². The molecule has 0 aromatic heterocycles. The van der Waals surface area contributed by atoms with Gasteiger partial charge in [0, 0.05) is 0 Å². The van der Waals surface area contributed by atoms with Crippen molar-refractivity contribution in [1.29, 1.82) is 0 Å². The van der Waals surface area contributed by atoms with Crippen molar-refractivity contribution in [3.8, 4) is 0 Å². The van der Waals surface area contributed by atoms with Crippen molar-refractivity contribution in [2.45, 2.75) is 43.1 Å². The van der Waals surface area contributed by atoms with Crippen molar-refractivity contribution in [3.05, 3.63) is 0 Å². The molecule has 1 fully saturated rings. The maximum atomic E-state index is 10.8. The standard InChI is InChI=1S/C8H19IN5O2/c1-7(16-9-6(12)15)4(10)2-3-5(11)8(7,13)14/h4-5H,2-3,10-11,13-14H2,1H3,(H2,12,15)/q-1/t4?,5?,7-/m0/s1. The monoisotopic (exact) mass is 344 g/mol. The predicted octanol–water partition coefficient (Wildman–Crippen LogP) is -5.09. The Morgan fingerprint density at radius 2 is 1.81 bits per heavy atom. The molecular weight excluding hydrogens is 325 g/mol. The normalized spacial score (nSPS) is 38.6. The first kappa shape index (κ1) is 14.1. The predicted molar refractivity (Wildman–Crippen MR) is 55.4 cm³/mol. The van der Waals surface area contributed by atoms with E-state index in [-0.39, 0.29) is 6.04 Å². The Balaban J connectivity index is 2.89. The summed E-state index contributed by atoms with van der Waals surface area (Å²) in [6.07, 6.45) is 1.30. The van der Waals surface area contributed by atoms with Gasteiger partial charge in [0.25, 0.3) is 0 Å². The van der Waals surface area contributed by atoms with Crippen molar-refractivity contribution >= 4 is 3.91 Å². The van der Waals surface area contributed by atoms with Gasteiger partial charge < -0.3 is 0 Å². The number of carbonyl (C=O) groups excluding carboxylic acids is 1. The molecule has 0 radical (unpaired) electrons.